The first-order valence-electron chi connectivity index (χ1n) is 9.84. The van der Waals surface area contributed by atoms with E-state index in [-0.39, 0.29) is 17.0 Å². The van der Waals surface area contributed by atoms with Crippen LogP contribution in [0.2, 0.25) is 0 Å². The molecule has 3 rings (SSSR count). The van der Waals surface area contributed by atoms with Gasteiger partial charge in [-0.25, -0.2) is 4.99 Å². The van der Waals surface area contributed by atoms with Gasteiger partial charge < -0.3 is 15.4 Å². The summed E-state index contributed by atoms with van der Waals surface area (Å²) in [6.07, 6.45) is 6.48. The summed E-state index contributed by atoms with van der Waals surface area (Å²) in [5.41, 5.74) is 2.60. The molecule has 3 aliphatic rings. The van der Waals surface area contributed by atoms with E-state index in [1.165, 1.54) is 12.8 Å². The third-order valence-electron chi connectivity index (χ3n) is 6.14. The Morgan fingerprint density at radius 1 is 1.08 bits per heavy atom. The molecule has 0 radical (unpaired) electrons. The molecule has 1 amide bonds. The van der Waals surface area contributed by atoms with Crippen LogP contribution in [0, 0.1) is 5.92 Å². The fraction of sp³-hybridized carbons (Fsp3) is 0.714. The minimum absolute atomic E-state index is 0.0141. The van der Waals surface area contributed by atoms with Crippen molar-refractivity contribution in [1.82, 2.24) is 10.6 Å². The minimum Gasteiger partial charge on any atom is -0.381 e. The molecule has 0 bridgehead atoms. The molecule has 2 N–H and O–H groups in total. The lowest BCUT2D eigenvalue weighted by atomic mass is 9.84. The van der Waals surface area contributed by atoms with Crippen LogP contribution >= 0.6 is 0 Å². The van der Waals surface area contributed by atoms with Crippen molar-refractivity contribution in [3.05, 3.63) is 22.5 Å². The SMILES string of the molecule is C=N/C(NC1(C)CC1)=C(\C)C(C(=O)NC1(C2CC2)CCOCC1)=C(C)C. The monoisotopic (exact) mass is 359 g/mol. The summed E-state index contributed by atoms with van der Waals surface area (Å²) in [6, 6.07) is 0. The van der Waals surface area contributed by atoms with Crippen molar-refractivity contribution in [3.8, 4) is 0 Å². The lowest BCUT2D eigenvalue weighted by Gasteiger charge is -2.39. The summed E-state index contributed by atoms with van der Waals surface area (Å²) >= 11 is 0. The van der Waals surface area contributed by atoms with Gasteiger partial charge in [-0.3, -0.25) is 4.79 Å². The first-order chi connectivity index (χ1) is 12.3. The quantitative estimate of drug-likeness (QED) is 0.416. The van der Waals surface area contributed by atoms with Crippen molar-refractivity contribution in [1.29, 1.82) is 0 Å². The van der Waals surface area contributed by atoms with Crippen LogP contribution in [0.5, 0.6) is 0 Å². The van der Waals surface area contributed by atoms with Gasteiger partial charge in [0.05, 0.1) is 0 Å². The molecule has 1 aliphatic heterocycles. The van der Waals surface area contributed by atoms with Gasteiger partial charge in [-0.05, 0) is 78.9 Å². The first-order valence-corrected chi connectivity index (χ1v) is 9.84. The number of aliphatic imine (C=N–C) groups is 1. The van der Waals surface area contributed by atoms with Crippen LogP contribution in [0.4, 0.5) is 0 Å². The Kier molecular flexibility index (Phi) is 5.29. The largest absolute Gasteiger partial charge is 0.381 e. The van der Waals surface area contributed by atoms with Crippen LogP contribution in [0.3, 0.4) is 0 Å². The highest BCUT2D eigenvalue weighted by atomic mass is 16.5. The number of nitrogens with one attached hydrogen (secondary N) is 2. The number of amides is 1. The van der Waals surface area contributed by atoms with E-state index in [0.717, 1.165) is 61.4 Å². The van der Waals surface area contributed by atoms with Crippen molar-refractivity contribution in [2.75, 3.05) is 13.2 Å². The number of rotatable bonds is 7. The Balaban J connectivity index is 1.84. The van der Waals surface area contributed by atoms with Gasteiger partial charge in [0.15, 0.2) is 0 Å². The zero-order chi connectivity index (χ0) is 18.9. The van der Waals surface area contributed by atoms with E-state index in [1.54, 1.807) is 0 Å². The molecule has 0 unspecified atom stereocenters. The molecule has 2 aliphatic carbocycles. The van der Waals surface area contributed by atoms with E-state index in [2.05, 4.69) is 29.3 Å². The molecule has 1 saturated heterocycles. The summed E-state index contributed by atoms with van der Waals surface area (Å²) in [5.74, 6) is 1.34. The Hall–Kier alpha value is -1.62. The highest BCUT2D eigenvalue weighted by Gasteiger charge is 2.47. The second kappa shape index (κ2) is 7.18. The van der Waals surface area contributed by atoms with E-state index in [4.69, 9.17) is 4.74 Å². The van der Waals surface area contributed by atoms with Crippen molar-refractivity contribution < 1.29 is 9.53 Å². The maximum atomic E-state index is 13.3. The number of carbonyl (C=O) groups excluding carboxylic acids is 1. The molecule has 0 aromatic rings. The topological polar surface area (TPSA) is 62.7 Å². The molecular formula is C21H33N3O2. The summed E-state index contributed by atoms with van der Waals surface area (Å²) in [6.45, 7) is 13.3. The molecule has 3 fully saturated rings. The molecule has 5 nitrogen and oxygen atoms in total. The fourth-order valence-corrected chi connectivity index (χ4v) is 4.04. The highest BCUT2D eigenvalue weighted by Crippen LogP contribution is 2.45. The molecule has 0 aromatic carbocycles. The molecule has 144 valence electrons. The maximum absolute atomic E-state index is 13.3. The molecule has 5 heteroatoms. The van der Waals surface area contributed by atoms with Crippen molar-refractivity contribution in [2.45, 2.75) is 77.3 Å². The van der Waals surface area contributed by atoms with Crippen LogP contribution in [0.15, 0.2) is 27.5 Å². The van der Waals surface area contributed by atoms with Gasteiger partial charge in [-0.2, -0.15) is 0 Å². The minimum atomic E-state index is -0.103. The van der Waals surface area contributed by atoms with E-state index >= 15 is 0 Å². The Morgan fingerprint density at radius 3 is 2.15 bits per heavy atom. The van der Waals surface area contributed by atoms with E-state index in [0.29, 0.717) is 5.92 Å². The zero-order valence-electron chi connectivity index (χ0n) is 16.7. The van der Waals surface area contributed by atoms with Crippen LogP contribution in [0.25, 0.3) is 0 Å². The van der Waals surface area contributed by atoms with E-state index in [9.17, 15) is 4.79 Å². The summed E-state index contributed by atoms with van der Waals surface area (Å²) < 4.78 is 5.55. The molecule has 0 atom stereocenters. The van der Waals surface area contributed by atoms with Gasteiger partial charge in [0.25, 0.3) is 5.91 Å². The standard InChI is InChI=1S/C21H33N3O2/c1-14(2)17(15(3)18(22-5)23-20(4)8-9-20)19(25)24-21(16-6-7-16)10-12-26-13-11-21/h16,23H,5-13H2,1-4H3,(H,24,25)/b18-15-. The number of hydrogen-bond donors (Lipinski definition) is 2. The maximum Gasteiger partial charge on any atom is 0.252 e. The van der Waals surface area contributed by atoms with E-state index < -0.39 is 0 Å². The smallest absolute Gasteiger partial charge is 0.252 e. The van der Waals surface area contributed by atoms with Gasteiger partial charge >= 0.3 is 0 Å². The normalized spacial score (nSPS) is 24.2. The first kappa shape index (κ1) is 19.2. The van der Waals surface area contributed by atoms with E-state index in [1.807, 2.05) is 20.8 Å². The lowest BCUT2D eigenvalue weighted by molar-refractivity contribution is -0.120. The second-order valence-electron chi connectivity index (χ2n) is 8.69. The Morgan fingerprint density at radius 2 is 1.69 bits per heavy atom. The van der Waals surface area contributed by atoms with Gasteiger partial charge in [-0.1, -0.05) is 5.57 Å². The molecule has 0 aromatic heterocycles. The van der Waals surface area contributed by atoms with Gasteiger partial charge in [0, 0.05) is 35.4 Å². The Bertz CT molecular complexity index is 644. The summed E-state index contributed by atoms with van der Waals surface area (Å²) in [7, 11) is 0. The summed E-state index contributed by atoms with van der Waals surface area (Å²) in [4.78, 5) is 17.5. The third kappa shape index (κ3) is 4.03. The molecule has 1 heterocycles. The average Bonchev–Trinajstić information content (AvgIpc) is 3.49. The van der Waals surface area contributed by atoms with Crippen LogP contribution in [-0.2, 0) is 9.53 Å². The lowest BCUT2D eigenvalue weighted by Crippen LogP contribution is -2.54. The van der Waals surface area contributed by atoms with Crippen LogP contribution in [-0.4, -0.2) is 36.9 Å². The average molecular weight is 360 g/mol. The summed E-state index contributed by atoms with van der Waals surface area (Å²) in [5, 5.41) is 6.88. The number of nitrogens with zero attached hydrogens (tertiary/aromatic N) is 1. The molecule has 2 saturated carbocycles. The van der Waals surface area contributed by atoms with Crippen molar-refractivity contribution in [3.63, 3.8) is 0 Å². The number of ether oxygens (including phenoxy) is 1. The van der Waals surface area contributed by atoms with Crippen LogP contribution in [0.1, 0.15) is 66.2 Å². The zero-order valence-corrected chi connectivity index (χ0v) is 16.7. The van der Waals surface area contributed by atoms with Gasteiger partial charge in [-0.15, -0.1) is 0 Å². The second-order valence-corrected chi connectivity index (χ2v) is 8.69. The van der Waals surface area contributed by atoms with Crippen molar-refractivity contribution in [2.24, 2.45) is 10.9 Å². The predicted molar refractivity (Wildman–Crippen MR) is 105 cm³/mol. The van der Waals surface area contributed by atoms with Gasteiger partial charge in [0.1, 0.15) is 5.82 Å². The number of allylic oxidation sites excluding steroid dienone is 1. The highest BCUT2D eigenvalue weighted by molar-refractivity contribution is 5.99. The predicted octanol–water partition coefficient (Wildman–Crippen LogP) is 3.47. The molecule has 26 heavy (non-hydrogen) atoms. The fourth-order valence-electron chi connectivity index (χ4n) is 4.04. The van der Waals surface area contributed by atoms with Crippen LogP contribution < -0.4 is 10.6 Å². The number of carbonyl (C=O) groups is 1. The number of hydrogen-bond acceptors (Lipinski definition) is 4. The Labute approximate surface area is 157 Å². The third-order valence-corrected chi connectivity index (χ3v) is 6.14. The van der Waals surface area contributed by atoms with Crippen molar-refractivity contribution >= 4 is 12.6 Å². The van der Waals surface area contributed by atoms with Gasteiger partial charge in [0.2, 0.25) is 0 Å². The molecule has 0 spiro atoms. The molecular weight excluding hydrogens is 326 g/mol.